The third kappa shape index (κ3) is 2.33. The molecule has 0 aliphatic carbocycles. The van der Waals surface area contributed by atoms with Crippen LogP contribution in [0.4, 0.5) is 5.69 Å². The first-order valence-corrected chi connectivity index (χ1v) is 5.75. The Morgan fingerprint density at radius 2 is 2.00 bits per heavy atom. The predicted octanol–water partition coefficient (Wildman–Crippen LogP) is 3.93. The number of halogens is 1. The van der Waals surface area contributed by atoms with E-state index in [1.54, 1.807) is 12.1 Å². The molecule has 0 radical (unpaired) electrons. The maximum atomic E-state index is 10.8. The lowest BCUT2D eigenvalue weighted by molar-refractivity contribution is -0.384. The van der Waals surface area contributed by atoms with Crippen LogP contribution in [0.15, 0.2) is 30.3 Å². The smallest absolute Gasteiger partial charge is 0.258 e. The van der Waals surface area contributed by atoms with Gasteiger partial charge < -0.3 is 0 Å². The van der Waals surface area contributed by atoms with Gasteiger partial charge in [0.2, 0.25) is 0 Å². The van der Waals surface area contributed by atoms with Crippen molar-refractivity contribution in [3.63, 3.8) is 0 Å². The topological polar surface area (TPSA) is 56.0 Å². The number of nitrogens with zero attached hydrogens (tertiary/aromatic N) is 2. The molecule has 2 aromatic rings. The highest BCUT2D eigenvalue weighted by Gasteiger charge is 2.11. The molecule has 1 aromatic carbocycles. The van der Waals surface area contributed by atoms with Gasteiger partial charge in [-0.1, -0.05) is 23.7 Å². The van der Waals surface area contributed by atoms with Crippen LogP contribution in [0.1, 0.15) is 11.3 Å². The first-order chi connectivity index (χ1) is 8.49. The first kappa shape index (κ1) is 12.5. The molecule has 1 aromatic heterocycles. The Morgan fingerprint density at radius 1 is 1.28 bits per heavy atom. The summed E-state index contributed by atoms with van der Waals surface area (Å²) in [4.78, 5) is 14.5. The van der Waals surface area contributed by atoms with E-state index in [1.807, 2.05) is 19.9 Å². The van der Waals surface area contributed by atoms with Gasteiger partial charge in [0.15, 0.2) is 0 Å². The maximum Gasteiger partial charge on any atom is 0.270 e. The van der Waals surface area contributed by atoms with Crippen molar-refractivity contribution in [2.45, 2.75) is 13.8 Å². The first-order valence-electron chi connectivity index (χ1n) is 5.37. The van der Waals surface area contributed by atoms with Gasteiger partial charge in [-0.3, -0.25) is 10.1 Å². The van der Waals surface area contributed by atoms with E-state index in [-0.39, 0.29) is 5.69 Å². The van der Waals surface area contributed by atoms with Crippen LogP contribution in [0.5, 0.6) is 0 Å². The van der Waals surface area contributed by atoms with E-state index in [0.717, 1.165) is 22.4 Å². The number of nitro groups is 1. The van der Waals surface area contributed by atoms with Crippen molar-refractivity contribution in [2.24, 2.45) is 0 Å². The number of hydrogen-bond acceptors (Lipinski definition) is 3. The molecule has 0 spiro atoms. The van der Waals surface area contributed by atoms with Crippen LogP contribution < -0.4 is 0 Å². The van der Waals surface area contributed by atoms with Gasteiger partial charge in [0.25, 0.3) is 5.69 Å². The van der Waals surface area contributed by atoms with Crippen molar-refractivity contribution in [1.82, 2.24) is 4.98 Å². The molecule has 2 rings (SSSR count). The van der Waals surface area contributed by atoms with E-state index >= 15 is 0 Å². The van der Waals surface area contributed by atoms with Gasteiger partial charge in [0.05, 0.1) is 4.92 Å². The molecule has 0 saturated heterocycles. The SMILES string of the molecule is Cc1nc(Cl)cc(-c2cccc([N+](=O)[O-])c2)c1C. The monoisotopic (exact) mass is 262 g/mol. The lowest BCUT2D eigenvalue weighted by Gasteiger charge is -2.09. The summed E-state index contributed by atoms with van der Waals surface area (Å²) in [6.45, 7) is 3.79. The summed E-state index contributed by atoms with van der Waals surface area (Å²) in [7, 11) is 0. The van der Waals surface area contributed by atoms with Gasteiger partial charge in [-0.15, -0.1) is 0 Å². The normalized spacial score (nSPS) is 10.4. The number of hydrogen-bond donors (Lipinski definition) is 0. The van der Waals surface area contributed by atoms with Gasteiger partial charge >= 0.3 is 0 Å². The summed E-state index contributed by atoms with van der Waals surface area (Å²) in [6, 6.07) is 8.22. The summed E-state index contributed by atoms with van der Waals surface area (Å²) in [6.07, 6.45) is 0. The molecule has 0 fully saturated rings. The fraction of sp³-hybridized carbons (Fsp3) is 0.154. The average Bonchev–Trinajstić information content (AvgIpc) is 2.34. The minimum absolute atomic E-state index is 0.0671. The number of aryl methyl sites for hydroxylation is 1. The molecule has 0 aliphatic heterocycles. The Kier molecular flexibility index (Phi) is 3.30. The number of non-ortho nitro benzene ring substituents is 1. The molecule has 4 nitrogen and oxygen atoms in total. The molecule has 5 heteroatoms. The van der Waals surface area contributed by atoms with E-state index in [0.29, 0.717) is 5.15 Å². The Hall–Kier alpha value is -1.94. The highest BCUT2D eigenvalue weighted by atomic mass is 35.5. The Labute approximate surface area is 109 Å². The van der Waals surface area contributed by atoms with Gasteiger partial charge in [0.1, 0.15) is 5.15 Å². The molecular weight excluding hydrogens is 252 g/mol. The molecule has 92 valence electrons. The fourth-order valence-corrected chi connectivity index (χ4v) is 2.02. The minimum atomic E-state index is -0.408. The second-order valence-corrected chi connectivity index (χ2v) is 4.40. The van der Waals surface area contributed by atoms with Gasteiger partial charge in [0, 0.05) is 17.8 Å². The van der Waals surface area contributed by atoms with Crippen LogP contribution >= 0.6 is 11.6 Å². The Morgan fingerprint density at radius 3 is 2.67 bits per heavy atom. The van der Waals surface area contributed by atoms with E-state index in [2.05, 4.69) is 4.98 Å². The van der Waals surface area contributed by atoms with Crippen LogP contribution in [-0.2, 0) is 0 Å². The average molecular weight is 263 g/mol. The van der Waals surface area contributed by atoms with Crippen LogP contribution in [0.25, 0.3) is 11.1 Å². The minimum Gasteiger partial charge on any atom is -0.258 e. The van der Waals surface area contributed by atoms with Crippen LogP contribution in [0.3, 0.4) is 0 Å². The van der Waals surface area contributed by atoms with Crippen molar-refractivity contribution in [3.05, 3.63) is 56.9 Å². The standard InChI is InChI=1S/C13H11ClN2O2/c1-8-9(2)15-13(14)7-12(8)10-4-3-5-11(6-10)16(17)18/h3-7H,1-2H3. The summed E-state index contributed by atoms with van der Waals surface area (Å²) >= 11 is 5.93. The highest BCUT2D eigenvalue weighted by molar-refractivity contribution is 6.29. The van der Waals surface area contributed by atoms with Crippen molar-refractivity contribution >= 4 is 17.3 Å². The molecule has 0 saturated carbocycles. The van der Waals surface area contributed by atoms with Gasteiger partial charge in [-0.05, 0) is 36.6 Å². The summed E-state index contributed by atoms with van der Waals surface area (Å²) in [5.41, 5.74) is 3.51. The van der Waals surface area contributed by atoms with Crippen LogP contribution in [-0.4, -0.2) is 9.91 Å². The van der Waals surface area contributed by atoms with E-state index in [1.165, 1.54) is 12.1 Å². The molecule has 0 atom stereocenters. The molecule has 0 amide bonds. The summed E-state index contributed by atoms with van der Waals surface area (Å²) in [5.74, 6) is 0. The second-order valence-electron chi connectivity index (χ2n) is 4.01. The van der Waals surface area contributed by atoms with E-state index < -0.39 is 4.92 Å². The third-order valence-electron chi connectivity index (χ3n) is 2.85. The number of nitro benzene ring substituents is 1. The number of aromatic nitrogens is 1. The lowest BCUT2D eigenvalue weighted by atomic mass is 10.0. The van der Waals surface area contributed by atoms with Crippen LogP contribution in [0, 0.1) is 24.0 Å². The fourth-order valence-electron chi connectivity index (χ4n) is 1.79. The quantitative estimate of drug-likeness (QED) is 0.468. The van der Waals surface area contributed by atoms with Crippen LogP contribution in [0.2, 0.25) is 5.15 Å². The summed E-state index contributed by atoms with van der Waals surface area (Å²) < 4.78 is 0. The molecule has 0 N–H and O–H groups in total. The molecular formula is C13H11ClN2O2. The lowest BCUT2D eigenvalue weighted by Crippen LogP contribution is -1.93. The van der Waals surface area contributed by atoms with E-state index in [4.69, 9.17) is 11.6 Å². The van der Waals surface area contributed by atoms with Gasteiger partial charge in [-0.2, -0.15) is 0 Å². The highest BCUT2D eigenvalue weighted by Crippen LogP contribution is 2.29. The van der Waals surface area contributed by atoms with Crippen molar-refractivity contribution in [1.29, 1.82) is 0 Å². The third-order valence-corrected chi connectivity index (χ3v) is 3.05. The number of rotatable bonds is 2. The van der Waals surface area contributed by atoms with E-state index in [9.17, 15) is 10.1 Å². The molecule has 0 bridgehead atoms. The predicted molar refractivity (Wildman–Crippen MR) is 70.8 cm³/mol. The van der Waals surface area contributed by atoms with Crippen molar-refractivity contribution < 1.29 is 4.92 Å². The largest absolute Gasteiger partial charge is 0.270 e. The Bertz CT molecular complexity index is 626. The Balaban J connectivity index is 2.62. The zero-order valence-corrected chi connectivity index (χ0v) is 10.7. The molecule has 18 heavy (non-hydrogen) atoms. The van der Waals surface area contributed by atoms with Crippen molar-refractivity contribution in [3.8, 4) is 11.1 Å². The second kappa shape index (κ2) is 4.74. The molecule has 0 aliphatic rings. The molecule has 1 heterocycles. The van der Waals surface area contributed by atoms with Gasteiger partial charge in [-0.25, -0.2) is 4.98 Å². The zero-order chi connectivity index (χ0) is 13.3. The number of benzene rings is 1. The number of pyridine rings is 1. The molecule has 0 unspecified atom stereocenters. The zero-order valence-electron chi connectivity index (χ0n) is 9.98. The maximum absolute atomic E-state index is 10.8. The summed E-state index contributed by atoms with van der Waals surface area (Å²) in [5, 5.41) is 11.2. The van der Waals surface area contributed by atoms with Crippen molar-refractivity contribution in [2.75, 3.05) is 0 Å².